The second-order valence-corrected chi connectivity index (χ2v) is 5.66. The third-order valence-electron chi connectivity index (χ3n) is 4.34. The molecule has 2 heteroatoms. The van der Waals surface area contributed by atoms with Crippen molar-refractivity contribution in [1.29, 1.82) is 0 Å². The van der Waals surface area contributed by atoms with Gasteiger partial charge < -0.3 is 10.5 Å². The van der Waals surface area contributed by atoms with E-state index in [9.17, 15) is 0 Å². The maximum Gasteiger partial charge on any atom is 0.0821 e. The van der Waals surface area contributed by atoms with Gasteiger partial charge in [-0.1, -0.05) is 43.5 Å². The smallest absolute Gasteiger partial charge is 0.0821 e. The number of hydrogen-bond donors (Lipinski definition) is 1. The summed E-state index contributed by atoms with van der Waals surface area (Å²) in [5, 5.41) is 0. The molecule has 106 valence electrons. The summed E-state index contributed by atoms with van der Waals surface area (Å²) in [4.78, 5) is 0. The summed E-state index contributed by atoms with van der Waals surface area (Å²) in [6.07, 6.45) is 9.15. The fourth-order valence-corrected chi connectivity index (χ4v) is 3.14. The van der Waals surface area contributed by atoms with Crippen LogP contribution in [0.15, 0.2) is 24.3 Å². The Morgan fingerprint density at radius 2 is 1.84 bits per heavy atom. The van der Waals surface area contributed by atoms with E-state index in [-0.39, 0.29) is 6.10 Å². The van der Waals surface area contributed by atoms with E-state index in [0.717, 1.165) is 25.3 Å². The highest BCUT2D eigenvalue weighted by molar-refractivity contribution is 5.27. The van der Waals surface area contributed by atoms with E-state index in [1.54, 1.807) is 7.11 Å². The van der Waals surface area contributed by atoms with Gasteiger partial charge in [-0.05, 0) is 49.3 Å². The molecule has 0 aliphatic heterocycles. The van der Waals surface area contributed by atoms with Crippen molar-refractivity contribution in [2.45, 2.75) is 57.0 Å². The van der Waals surface area contributed by atoms with Crippen LogP contribution in [-0.4, -0.2) is 13.7 Å². The van der Waals surface area contributed by atoms with Gasteiger partial charge in [0, 0.05) is 7.11 Å². The maximum atomic E-state index is 5.58. The normalized spacial score (nSPS) is 18.4. The standard InChI is InChI=1S/C17H27NO/c1-19-17(8-5-13-18)16-11-9-15(10-12-16)14-6-3-2-4-7-14/h9-12,14,17H,2-8,13,18H2,1H3. The minimum Gasteiger partial charge on any atom is -0.377 e. The van der Waals surface area contributed by atoms with Crippen LogP contribution in [0.25, 0.3) is 0 Å². The van der Waals surface area contributed by atoms with Gasteiger partial charge in [-0.2, -0.15) is 0 Å². The summed E-state index contributed by atoms with van der Waals surface area (Å²) in [6, 6.07) is 9.10. The van der Waals surface area contributed by atoms with E-state index in [1.807, 2.05) is 0 Å². The molecule has 2 N–H and O–H groups in total. The number of methoxy groups -OCH3 is 1. The SMILES string of the molecule is COC(CCCN)c1ccc(C2CCCCC2)cc1. The first-order chi connectivity index (χ1) is 9.35. The molecule has 0 aromatic heterocycles. The van der Waals surface area contributed by atoms with Gasteiger partial charge in [-0.3, -0.25) is 0 Å². The fourth-order valence-electron chi connectivity index (χ4n) is 3.14. The van der Waals surface area contributed by atoms with Crippen LogP contribution in [0.1, 0.15) is 68.1 Å². The zero-order chi connectivity index (χ0) is 13.5. The first-order valence-electron chi connectivity index (χ1n) is 7.68. The van der Waals surface area contributed by atoms with Crippen molar-refractivity contribution in [3.8, 4) is 0 Å². The lowest BCUT2D eigenvalue weighted by Gasteiger charge is -2.23. The number of nitrogens with two attached hydrogens (primary N) is 1. The molecule has 19 heavy (non-hydrogen) atoms. The number of benzene rings is 1. The second kappa shape index (κ2) is 7.66. The molecule has 0 radical (unpaired) electrons. The van der Waals surface area contributed by atoms with Crippen molar-refractivity contribution in [2.24, 2.45) is 5.73 Å². The van der Waals surface area contributed by atoms with E-state index >= 15 is 0 Å². The van der Waals surface area contributed by atoms with Crippen molar-refractivity contribution >= 4 is 0 Å². The monoisotopic (exact) mass is 261 g/mol. The van der Waals surface area contributed by atoms with Crippen LogP contribution in [0.3, 0.4) is 0 Å². The van der Waals surface area contributed by atoms with E-state index in [1.165, 1.54) is 43.2 Å². The zero-order valence-electron chi connectivity index (χ0n) is 12.1. The lowest BCUT2D eigenvalue weighted by atomic mass is 9.83. The summed E-state index contributed by atoms with van der Waals surface area (Å²) in [7, 11) is 1.79. The van der Waals surface area contributed by atoms with Gasteiger partial charge in [0.1, 0.15) is 0 Å². The molecule has 1 unspecified atom stereocenters. The highest BCUT2D eigenvalue weighted by atomic mass is 16.5. The molecule has 1 aromatic rings. The number of rotatable bonds is 6. The summed E-state index contributed by atoms with van der Waals surface area (Å²) in [5.41, 5.74) is 8.37. The van der Waals surface area contributed by atoms with Crippen LogP contribution in [0.5, 0.6) is 0 Å². The Balaban J connectivity index is 1.99. The van der Waals surface area contributed by atoms with Crippen LogP contribution >= 0.6 is 0 Å². The van der Waals surface area contributed by atoms with Crippen LogP contribution in [-0.2, 0) is 4.74 Å². The summed E-state index contributed by atoms with van der Waals surface area (Å²) in [6.45, 7) is 0.736. The Morgan fingerprint density at radius 3 is 2.42 bits per heavy atom. The number of ether oxygens (including phenoxy) is 1. The topological polar surface area (TPSA) is 35.2 Å². The molecule has 0 spiro atoms. The second-order valence-electron chi connectivity index (χ2n) is 5.66. The van der Waals surface area contributed by atoms with Crippen molar-refractivity contribution in [3.05, 3.63) is 35.4 Å². The lowest BCUT2D eigenvalue weighted by molar-refractivity contribution is 0.0943. The number of hydrogen-bond acceptors (Lipinski definition) is 2. The van der Waals surface area contributed by atoms with E-state index in [4.69, 9.17) is 10.5 Å². The highest BCUT2D eigenvalue weighted by Crippen LogP contribution is 2.33. The van der Waals surface area contributed by atoms with Crippen molar-refractivity contribution in [3.63, 3.8) is 0 Å². The lowest BCUT2D eigenvalue weighted by Crippen LogP contribution is -2.07. The predicted molar refractivity (Wildman–Crippen MR) is 80.3 cm³/mol. The summed E-state index contributed by atoms with van der Waals surface area (Å²) >= 11 is 0. The molecule has 1 aliphatic rings. The van der Waals surface area contributed by atoms with E-state index in [0.29, 0.717) is 0 Å². The third kappa shape index (κ3) is 4.05. The molecule has 2 nitrogen and oxygen atoms in total. The molecule has 0 bridgehead atoms. The van der Waals surface area contributed by atoms with Crippen molar-refractivity contribution < 1.29 is 4.74 Å². The molecule has 0 amide bonds. The minimum atomic E-state index is 0.198. The van der Waals surface area contributed by atoms with Crippen LogP contribution in [0, 0.1) is 0 Å². The van der Waals surface area contributed by atoms with Gasteiger partial charge in [0.25, 0.3) is 0 Å². The molecular weight excluding hydrogens is 234 g/mol. The largest absolute Gasteiger partial charge is 0.377 e. The molecule has 1 saturated carbocycles. The minimum absolute atomic E-state index is 0.198. The fraction of sp³-hybridized carbons (Fsp3) is 0.647. The average Bonchev–Trinajstić information content (AvgIpc) is 2.49. The zero-order valence-corrected chi connectivity index (χ0v) is 12.1. The first-order valence-corrected chi connectivity index (χ1v) is 7.68. The Labute approximate surface area is 117 Å². The molecule has 1 aliphatic carbocycles. The maximum absolute atomic E-state index is 5.58. The predicted octanol–water partition coefficient (Wildman–Crippen LogP) is 4.16. The van der Waals surface area contributed by atoms with Gasteiger partial charge in [0.15, 0.2) is 0 Å². The van der Waals surface area contributed by atoms with Gasteiger partial charge in [-0.15, -0.1) is 0 Å². The first kappa shape index (κ1) is 14.5. The average molecular weight is 261 g/mol. The van der Waals surface area contributed by atoms with Crippen LogP contribution in [0.2, 0.25) is 0 Å². The Morgan fingerprint density at radius 1 is 1.16 bits per heavy atom. The quantitative estimate of drug-likeness (QED) is 0.834. The van der Waals surface area contributed by atoms with Crippen molar-refractivity contribution in [1.82, 2.24) is 0 Å². The molecule has 0 saturated heterocycles. The van der Waals surface area contributed by atoms with Crippen LogP contribution < -0.4 is 5.73 Å². The molecular formula is C17H27NO. The van der Waals surface area contributed by atoms with Gasteiger partial charge in [-0.25, -0.2) is 0 Å². The Bertz CT molecular complexity index is 354. The van der Waals surface area contributed by atoms with Gasteiger partial charge in [0.05, 0.1) is 6.10 Å². The van der Waals surface area contributed by atoms with Crippen molar-refractivity contribution in [2.75, 3.05) is 13.7 Å². The molecule has 2 rings (SSSR count). The molecule has 0 heterocycles. The van der Waals surface area contributed by atoms with Gasteiger partial charge in [0.2, 0.25) is 0 Å². The summed E-state index contributed by atoms with van der Waals surface area (Å²) < 4.78 is 5.57. The third-order valence-corrected chi connectivity index (χ3v) is 4.34. The molecule has 1 fully saturated rings. The Hall–Kier alpha value is -0.860. The molecule has 1 aromatic carbocycles. The van der Waals surface area contributed by atoms with E-state index < -0.39 is 0 Å². The van der Waals surface area contributed by atoms with Gasteiger partial charge >= 0.3 is 0 Å². The van der Waals surface area contributed by atoms with E-state index in [2.05, 4.69) is 24.3 Å². The van der Waals surface area contributed by atoms with Crippen LogP contribution in [0.4, 0.5) is 0 Å². The molecule has 1 atom stereocenters. The highest BCUT2D eigenvalue weighted by Gasteiger charge is 2.16. The summed E-state index contributed by atoms with van der Waals surface area (Å²) in [5.74, 6) is 0.785. The Kier molecular flexibility index (Phi) is 5.87.